The summed E-state index contributed by atoms with van der Waals surface area (Å²) in [5.74, 6) is 0.101. The van der Waals surface area contributed by atoms with E-state index < -0.39 is 0 Å². The number of aromatic nitrogens is 1. The number of rotatable bonds is 7. The smallest absolute Gasteiger partial charge is 0.298 e. The zero-order valence-corrected chi connectivity index (χ0v) is 16.9. The molecule has 1 aliphatic heterocycles. The average Bonchev–Trinajstić information content (AvgIpc) is 3.16. The molecule has 152 valence electrons. The second-order valence-electron chi connectivity index (χ2n) is 7.67. The molecule has 4 rings (SSSR count). The first-order valence-corrected chi connectivity index (χ1v) is 10.3. The van der Waals surface area contributed by atoms with Gasteiger partial charge >= 0.3 is 0 Å². The summed E-state index contributed by atoms with van der Waals surface area (Å²) in [5.41, 5.74) is 4.21. The number of anilines is 1. The van der Waals surface area contributed by atoms with Crippen molar-refractivity contribution >= 4 is 23.0 Å². The van der Waals surface area contributed by atoms with Crippen molar-refractivity contribution in [3.63, 3.8) is 0 Å². The topological polar surface area (TPSA) is 61.6 Å². The number of carbonyl (C=O) groups is 1. The van der Waals surface area contributed by atoms with Crippen LogP contribution < -0.4 is 10.2 Å². The highest BCUT2D eigenvalue weighted by atomic mass is 16.4. The van der Waals surface area contributed by atoms with Gasteiger partial charge in [0.15, 0.2) is 5.58 Å². The maximum atomic E-state index is 12.2. The Morgan fingerprint density at radius 3 is 2.69 bits per heavy atom. The summed E-state index contributed by atoms with van der Waals surface area (Å²) in [6.07, 6.45) is 1.95. The monoisotopic (exact) mass is 392 g/mol. The summed E-state index contributed by atoms with van der Waals surface area (Å²) in [6.45, 7) is 6.51. The lowest BCUT2D eigenvalue weighted by molar-refractivity contribution is -0.122. The molecule has 0 spiro atoms. The Morgan fingerprint density at radius 2 is 1.90 bits per heavy atom. The van der Waals surface area contributed by atoms with Gasteiger partial charge < -0.3 is 14.6 Å². The molecule has 2 heterocycles. The van der Waals surface area contributed by atoms with Crippen molar-refractivity contribution in [1.29, 1.82) is 0 Å². The van der Waals surface area contributed by atoms with Crippen LogP contribution in [0.3, 0.4) is 0 Å². The van der Waals surface area contributed by atoms with E-state index in [1.165, 1.54) is 11.1 Å². The Morgan fingerprint density at radius 1 is 1.10 bits per heavy atom. The van der Waals surface area contributed by atoms with Crippen molar-refractivity contribution < 1.29 is 9.21 Å². The summed E-state index contributed by atoms with van der Waals surface area (Å²) in [4.78, 5) is 21.2. The van der Waals surface area contributed by atoms with E-state index in [0.717, 1.165) is 56.7 Å². The van der Waals surface area contributed by atoms with Crippen LogP contribution >= 0.6 is 0 Å². The molecule has 1 fully saturated rings. The molecule has 6 nitrogen and oxygen atoms in total. The van der Waals surface area contributed by atoms with Crippen molar-refractivity contribution in [3.8, 4) is 0 Å². The highest BCUT2D eigenvalue weighted by molar-refractivity contribution is 5.78. The van der Waals surface area contributed by atoms with Crippen molar-refractivity contribution in [2.45, 2.75) is 19.8 Å². The fourth-order valence-electron chi connectivity index (χ4n) is 3.68. The fraction of sp³-hybridized carbons (Fsp3) is 0.391. The van der Waals surface area contributed by atoms with Gasteiger partial charge in [0.25, 0.3) is 6.01 Å². The molecule has 6 heteroatoms. The highest BCUT2D eigenvalue weighted by Gasteiger charge is 2.22. The summed E-state index contributed by atoms with van der Waals surface area (Å²) >= 11 is 0. The second-order valence-corrected chi connectivity index (χ2v) is 7.67. The van der Waals surface area contributed by atoms with Gasteiger partial charge in [0.2, 0.25) is 5.91 Å². The number of benzene rings is 2. The number of oxazole rings is 1. The van der Waals surface area contributed by atoms with Gasteiger partial charge in [0.1, 0.15) is 5.52 Å². The molecule has 3 aromatic rings. The van der Waals surface area contributed by atoms with Crippen molar-refractivity contribution in [2.75, 3.05) is 44.2 Å². The van der Waals surface area contributed by atoms with Gasteiger partial charge in [-0.2, -0.15) is 4.98 Å². The number of nitrogens with zero attached hydrogens (tertiary/aromatic N) is 3. The number of piperazine rings is 1. The number of amides is 1. The molecular formula is C23H28N4O2. The summed E-state index contributed by atoms with van der Waals surface area (Å²) in [6, 6.07) is 17.1. The van der Waals surface area contributed by atoms with Crippen molar-refractivity contribution in [3.05, 3.63) is 59.7 Å². The molecule has 1 aliphatic rings. The van der Waals surface area contributed by atoms with E-state index in [1.807, 2.05) is 24.3 Å². The second kappa shape index (κ2) is 9.09. The van der Waals surface area contributed by atoms with Gasteiger partial charge in [-0.25, -0.2) is 0 Å². The van der Waals surface area contributed by atoms with E-state index in [1.54, 1.807) is 0 Å². The van der Waals surface area contributed by atoms with Crippen LogP contribution in [0.4, 0.5) is 6.01 Å². The number of hydrogen-bond donors (Lipinski definition) is 1. The first-order chi connectivity index (χ1) is 14.2. The third-order valence-corrected chi connectivity index (χ3v) is 5.35. The molecule has 1 amide bonds. The lowest BCUT2D eigenvalue weighted by Crippen LogP contribution is -2.49. The number of nitrogens with one attached hydrogen (secondary N) is 1. The Hall–Kier alpha value is -2.86. The molecule has 2 aromatic carbocycles. The largest absolute Gasteiger partial charge is 0.423 e. The van der Waals surface area contributed by atoms with Crippen LogP contribution in [-0.4, -0.2) is 55.1 Å². The first-order valence-electron chi connectivity index (χ1n) is 10.3. The lowest BCUT2D eigenvalue weighted by atomic mass is 10.1. The third-order valence-electron chi connectivity index (χ3n) is 5.35. The zero-order chi connectivity index (χ0) is 20.1. The molecular weight excluding hydrogens is 364 g/mol. The minimum absolute atomic E-state index is 0.101. The van der Waals surface area contributed by atoms with E-state index in [4.69, 9.17) is 4.42 Å². The predicted octanol–water partition coefficient (Wildman–Crippen LogP) is 3.01. The lowest BCUT2D eigenvalue weighted by Gasteiger charge is -2.33. The molecule has 0 radical (unpaired) electrons. The van der Waals surface area contributed by atoms with Crippen LogP contribution in [0, 0.1) is 6.92 Å². The van der Waals surface area contributed by atoms with Gasteiger partial charge in [0, 0.05) is 32.7 Å². The molecule has 29 heavy (non-hydrogen) atoms. The maximum absolute atomic E-state index is 12.2. The number of aryl methyl sites for hydroxylation is 2. The van der Waals surface area contributed by atoms with Crippen LogP contribution in [0.25, 0.3) is 11.1 Å². The summed E-state index contributed by atoms with van der Waals surface area (Å²) in [7, 11) is 0. The molecule has 1 aromatic heterocycles. The average molecular weight is 393 g/mol. The Labute approximate surface area is 171 Å². The fourth-order valence-corrected chi connectivity index (χ4v) is 3.68. The summed E-state index contributed by atoms with van der Waals surface area (Å²) < 4.78 is 5.90. The minimum atomic E-state index is 0.101. The molecule has 1 N–H and O–H groups in total. The van der Waals surface area contributed by atoms with Gasteiger partial charge in [-0.15, -0.1) is 0 Å². The maximum Gasteiger partial charge on any atom is 0.298 e. The van der Waals surface area contributed by atoms with E-state index >= 15 is 0 Å². The zero-order valence-electron chi connectivity index (χ0n) is 16.9. The standard InChI is InChI=1S/C23H28N4O2/c1-18-9-10-21-20(16-18)25-23(29-21)27-14-12-26(13-15-27)17-22(28)24-11-5-8-19-6-3-2-4-7-19/h2-4,6-7,9-10,16H,5,8,11-15,17H2,1H3,(H,24,28). The number of carbonyl (C=O) groups excluding carboxylic acids is 1. The quantitative estimate of drug-likeness (QED) is 0.627. The third kappa shape index (κ3) is 5.15. The number of fused-ring (bicyclic) bond motifs is 1. The van der Waals surface area contributed by atoms with E-state index in [0.29, 0.717) is 12.6 Å². The van der Waals surface area contributed by atoms with Gasteiger partial charge in [0.05, 0.1) is 6.54 Å². The molecule has 0 aliphatic carbocycles. The van der Waals surface area contributed by atoms with Crippen molar-refractivity contribution in [2.24, 2.45) is 0 Å². The normalized spacial score (nSPS) is 15.0. The van der Waals surface area contributed by atoms with Crippen LogP contribution in [0.5, 0.6) is 0 Å². The van der Waals surface area contributed by atoms with Crippen molar-refractivity contribution in [1.82, 2.24) is 15.2 Å². The SMILES string of the molecule is Cc1ccc2oc(N3CCN(CC(=O)NCCCc4ccccc4)CC3)nc2c1. The molecule has 1 saturated heterocycles. The van der Waals surface area contributed by atoms with E-state index in [-0.39, 0.29) is 5.91 Å². The van der Waals surface area contributed by atoms with E-state index in [2.05, 4.69) is 51.3 Å². The first kappa shape index (κ1) is 19.5. The van der Waals surface area contributed by atoms with Gasteiger partial charge in [-0.05, 0) is 43.0 Å². The van der Waals surface area contributed by atoms with Gasteiger partial charge in [-0.3, -0.25) is 9.69 Å². The minimum Gasteiger partial charge on any atom is -0.423 e. The van der Waals surface area contributed by atoms with Crippen LogP contribution in [0.2, 0.25) is 0 Å². The van der Waals surface area contributed by atoms with Gasteiger partial charge in [-0.1, -0.05) is 36.4 Å². The Bertz CT molecular complexity index is 946. The summed E-state index contributed by atoms with van der Waals surface area (Å²) in [5, 5.41) is 3.04. The number of hydrogen-bond acceptors (Lipinski definition) is 5. The molecule has 0 unspecified atom stereocenters. The highest BCUT2D eigenvalue weighted by Crippen LogP contribution is 2.23. The predicted molar refractivity (Wildman–Crippen MR) is 115 cm³/mol. The Balaban J connectivity index is 1.18. The van der Waals surface area contributed by atoms with E-state index in [9.17, 15) is 4.79 Å². The van der Waals surface area contributed by atoms with Crippen LogP contribution in [0.1, 0.15) is 17.5 Å². The molecule has 0 saturated carbocycles. The Kier molecular flexibility index (Phi) is 6.10. The van der Waals surface area contributed by atoms with Crippen LogP contribution in [-0.2, 0) is 11.2 Å². The van der Waals surface area contributed by atoms with Crippen LogP contribution in [0.15, 0.2) is 52.9 Å². The molecule has 0 atom stereocenters. The molecule has 0 bridgehead atoms.